The summed E-state index contributed by atoms with van der Waals surface area (Å²) in [5, 5.41) is 5.51. The van der Waals surface area contributed by atoms with E-state index in [9.17, 15) is 13.2 Å². The highest BCUT2D eigenvalue weighted by Crippen LogP contribution is 2.20. The molecule has 0 aliphatic heterocycles. The van der Waals surface area contributed by atoms with E-state index in [1.807, 2.05) is 0 Å². The average molecular weight is 320 g/mol. The predicted molar refractivity (Wildman–Crippen MR) is 71.0 cm³/mol. The quantitative estimate of drug-likeness (QED) is 0.845. The van der Waals surface area contributed by atoms with Crippen molar-refractivity contribution < 1.29 is 13.2 Å². The van der Waals surface area contributed by atoms with E-state index in [2.05, 4.69) is 14.9 Å². The van der Waals surface area contributed by atoms with E-state index in [0.717, 1.165) is 6.20 Å². The molecule has 0 unspecified atom stereocenters. The highest BCUT2D eigenvalue weighted by molar-refractivity contribution is 7.92. The number of benzene rings is 1. The van der Waals surface area contributed by atoms with E-state index < -0.39 is 15.3 Å². The van der Waals surface area contributed by atoms with E-state index in [1.165, 1.54) is 24.3 Å². The topological polar surface area (TPSA) is 91.9 Å². The minimum atomic E-state index is -3.85. The van der Waals surface area contributed by atoms with Crippen LogP contribution in [0.4, 0.5) is 5.82 Å². The van der Waals surface area contributed by atoms with Crippen molar-refractivity contribution in [2.45, 2.75) is 4.90 Å². The Labute approximate surface area is 118 Å². The smallest absolute Gasteiger partial charge is 0.263 e. The molecule has 2 aromatic rings. The minimum Gasteiger partial charge on any atom is -0.275 e. The molecule has 0 amide bonds. The Morgan fingerprint density at radius 2 is 1.89 bits per heavy atom. The molecule has 0 atom stereocenters. The van der Waals surface area contributed by atoms with Gasteiger partial charge in [-0.15, -0.1) is 0 Å². The molecule has 2 N–H and O–H groups in total. The third-order valence-electron chi connectivity index (χ3n) is 2.21. The maximum Gasteiger partial charge on any atom is 0.263 e. The van der Waals surface area contributed by atoms with Gasteiger partial charge in [0, 0.05) is 5.02 Å². The number of hydrogen-bond donors (Lipinski definition) is 2. The van der Waals surface area contributed by atoms with Crippen LogP contribution in [0.1, 0.15) is 10.4 Å². The van der Waals surface area contributed by atoms with Crippen molar-refractivity contribution in [1.29, 1.82) is 0 Å². The third-order valence-corrected chi connectivity index (χ3v) is 4.03. The summed E-state index contributed by atoms with van der Waals surface area (Å²) < 4.78 is 26.2. The molecule has 0 saturated carbocycles. The first kappa shape index (κ1) is 13.9. The summed E-state index contributed by atoms with van der Waals surface area (Å²) in [7, 11) is -3.85. The minimum absolute atomic E-state index is 0.000489. The van der Waals surface area contributed by atoms with E-state index >= 15 is 0 Å². The van der Waals surface area contributed by atoms with E-state index in [4.69, 9.17) is 23.2 Å². The Morgan fingerprint density at radius 1 is 1.26 bits per heavy atom. The zero-order valence-corrected chi connectivity index (χ0v) is 11.6. The number of sulfonamides is 1. The Hall–Kier alpha value is -1.57. The fourth-order valence-electron chi connectivity index (χ4n) is 1.32. The normalized spacial score (nSPS) is 11.3. The summed E-state index contributed by atoms with van der Waals surface area (Å²) in [6.45, 7) is 0. The highest BCUT2D eigenvalue weighted by Gasteiger charge is 2.19. The van der Waals surface area contributed by atoms with Crippen LogP contribution in [0, 0.1) is 0 Å². The lowest BCUT2D eigenvalue weighted by Gasteiger charge is -2.06. The van der Waals surface area contributed by atoms with Gasteiger partial charge in [-0.05, 0) is 35.9 Å². The van der Waals surface area contributed by atoms with Crippen molar-refractivity contribution >= 4 is 44.3 Å². The number of hydrogen-bond acceptors (Lipinski definition) is 4. The van der Waals surface area contributed by atoms with Gasteiger partial charge < -0.3 is 0 Å². The maximum atomic E-state index is 12.0. The zero-order valence-electron chi connectivity index (χ0n) is 9.22. The second-order valence-electron chi connectivity index (χ2n) is 3.49. The molecule has 100 valence electrons. The second-order valence-corrected chi connectivity index (χ2v) is 5.95. The van der Waals surface area contributed by atoms with Crippen molar-refractivity contribution in [1.82, 2.24) is 10.2 Å². The molecule has 1 heterocycles. The van der Waals surface area contributed by atoms with Gasteiger partial charge in [0.05, 0.1) is 16.7 Å². The van der Waals surface area contributed by atoms with Gasteiger partial charge in [0.15, 0.2) is 0 Å². The summed E-state index contributed by atoms with van der Waals surface area (Å²) in [5.74, 6) is -0.0880. The molecule has 0 saturated heterocycles. The molecule has 19 heavy (non-hydrogen) atoms. The van der Waals surface area contributed by atoms with Crippen LogP contribution in [0.2, 0.25) is 5.02 Å². The molecule has 6 nitrogen and oxygen atoms in total. The molecule has 2 rings (SSSR count). The number of rotatable bonds is 4. The number of carbonyl (C=O) groups is 1. The second kappa shape index (κ2) is 5.20. The molecule has 9 heteroatoms. The van der Waals surface area contributed by atoms with Gasteiger partial charge in [0.1, 0.15) is 5.82 Å². The molecule has 0 aliphatic carbocycles. The SMILES string of the molecule is O=C(Cl)c1cn[nH]c1NS(=O)(=O)c1ccc(Cl)cc1. The molecule has 0 radical (unpaired) electrons. The number of anilines is 1. The standard InChI is InChI=1S/C10H7Cl2N3O3S/c11-6-1-3-7(4-2-6)19(17,18)15-10-8(9(12)16)5-13-14-10/h1-5H,(H2,13,14,15). The monoisotopic (exact) mass is 319 g/mol. The van der Waals surface area contributed by atoms with Crippen molar-refractivity contribution in [3.63, 3.8) is 0 Å². The largest absolute Gasteiger partial charge is 0.275 e. The lowest BCUT2D eigenvalue weighted by atomic mass is 10.4. The first-order chi connectivity index (χ1) is 8.90. The van der Waals surface area contributed by atoms with E-state index in [-0.39, 0.29) is 16.3 Å². The summed E-state index contributed by atoms with van der Waals surface area (Å²) in [6, 6.07) is 5.56. The van der Waals surface area contributed by atoms with Gasteiger partial charge in [-0.25, -0.2) is 8.42 Å². The van der Waals surface area contributed by atoms with Crippen LogP contribution in [0.5, 0.6) is 0 Å². The van der Waals surface area contributed by atoms with Crippen LogP contribution in [0.15, 0.2) is 35.4 Å². The van der Waals surface area contributed by atoms with Crippen LogP contribution >= 0.6 is 23.2 Å². The van der Waals surface area contributed by atoms with Crippen molar-refractivity contribution in [2.75, 3.05) is 4.72 Å². The maximum absolute atomic E-state index is 12.0. The van der Waals surface area contributed by atoms with Gasteiger partial charge in [0.25, 0.3) is 15.3 Å². The van der Waals surface area contributed by atoms with Crippen molar-refractivity contribution in [3.8, 4) is 0 Å². The van der Waals surface area contributed by atoms with Gasteiger partial charge in [-0.3, -0.25) is 14.6 Å². The number of halogens is 2. The summed E-state index contributed by atoms with van der Waals surface area (Å²) in [6.07, 6.45) is 1.13. The number of nitrogens with zero attached hydrogens (tertiary/aromatic N) is 1. The fourth-order valence-corrected chi connectivity index (χ4v) is 2.63. The van der Waals surface area contributed by atoms with Gasteiger partial charge in [-0.1, -0.05) is 11.6 Å². The molecule has 1 aromatic heterocycles. The number of nitrogens with one attached hydrogen (secondary N) is 2. The van der Waals surface area contributed by atoms with Crippen LogP contribution in [-0.4, -0.2) is 23.9 Å². The molecular weight excluding hydrogens is 313 g/mol. The molecule has 0 spiro atoms. The number of aromatic nitrogens is 2. The molecule has 1 aromatic carbocycles. The van der Waals surface area contributed by atoms with Crippen LogP contribution < -0.4 is 4.72 Å². The summed E-state index contributed by atoms with van der Waals surface area (Å²) in [4.78, 5) is 11.0. The Bertz CT molecular complexity index is 710. The summed E-state index contributed by atoms with van der Waals surface area (Å²) >= 11 is 11.0. The van der Waals surface area contributed by atoms with Gasteiger partial charge in [-0.2, -0.15) is 5.10 Å². The van der Waals surface area contributed by atoms with E-state index in [1.54, 1.807) is 0 Å². The van der Waals surface area contributed by atoms with Crippen LogP contribution in [0.25, 0.3) is 0 Å². The lowest BCUT2D eigenvalue weighted by molar-refractivity contribution is 0.108. The third kappa shape index (κ3) is 3.06. The summed E-state index contributed by atoms with van der Waals surface area (Å²) in [5.41, 5.74) is -0.0563. The van der Waals surface area contributed by atoms with Gasteiger partial charge >= 0.3 is 0 Å². The Kier molecular flexibility index (Phi) is 3.79. The predicted octanol–water partition coefficient (Wildman–Crippen LogP) is 2.24. The molecule has 0 aliphatic rings. The van der Waals surface area contributed by atoms with E-state index in [0.29, 0.717) is 5.02 Å². The van der Waals surface area contributed by atoms with Crippen molar-refractivity contribution in [3.05, 3.63) is 41.0 Å². The van der Waals surface area contributed by atoms with Crippen LogP contribution in [0.3, 0.4) is 0 Å². The average Bonchev–Trinajstić information content (AvgIpc) is 2.77. The zero-order chi connectivity index (χ0) is 14.0. The number of H-pyrrole nitrogens is 1. The fraction of sp³-hybridized carbons (Fsp3) is 0. The van der Waals surface area contributed by atoms with Gasteiger partial charge in [0.2, 0.25) is 0 Å². The Balaban J connectivity index is 2.34. The number of carbonyl (C=O) groups excluding carboxylic acids is 1. The molecule has 0 fully saturated rings. The van der Waals surface area contributed by atoms with Crippen LogP contribution in [-0.2, 0) is 10.0 Å². The lowest BCUT2D eigenvalue weighted by Crippen LogP contribution is -2.14. The first-order valence-electron chi connectivity index (χ1n) is 4.92. The molecular formula is C10H7Cl2N3O3S. The van der Waals surface area contributed by atoms with Crippen molar-refractivity contribution in [2.24, 2.45) is 0 Å². The number of aromatic amines is 1. The highest BCUT2D eigenvalue weighted by atomic mass is 35.5. The Morgan fingerprint density at radius 3 is 2.47 bits per heavy atom. The first-order valence-corrected chi connectivity index (χ1v) is 7.15. The molecule has 0 bridgehead atoms.